The number of nitro benzene ring substituents is 1. The molecule has 1 aliphatic rings. The summed E-state index contributed by atoms with van der Waals surface area (Å²) in [6.07, 6.45) is 0.00710. The second-order valence-corrected chi connectivity index (χ2v) is 7.67. The summed E-state index contributed by atoms with van der Waals surface area (Å²) in [4.78, 5) is 34.7. The van der Waals surface area contributed by atoms with E-state index in [4.69, 9.17) is 0 Å². The number of benzene rings is 2. The predicted octanol–water partition coefficient (Wildman–Crippen LogP) is 2.99. The predicted molar refractivity (Wildman–Crippen MR) is 117 cm³/mol. The van der Waals surface area contributed by atoms with Crippen LogP contribution >= 0.6 is 11.8 Å². The van der Waals surface area contributed by atoms with Crippen molar-refractivity contribution >= 4 is 45.8 Å². The van der Waals surface area contributed by atoms with Crippen LogP contribution in [0.3, 0.4) is 0 Å². The lowest BCUT2D eigenvalue weighted by atomic mass is 10.1. The number of thioether (sulfide) groups is 1. The summed E-state index contributed by atoms with van der Waals surface area (Å²) in [5, 5.41) is 20.0. The Morgan fingerprint density at radius 3 is 2.63 bits per heavy atom. The smallest absolute Gasteiger partial charge is 0.269 e. The monoisotopic (exact) mass is 425 g/mol. The van der Waals surface area contributed by atoms with Gasteiger partial charge in [-0.1, -0.05) is 36.5 Å². The number of rotatable bonds is 7. The van der Waals surface area contributed by atoms with E-state index in [1.165, 1.54) is 12.1 Å². The molecular weight excluding hydrogens is 406 g/mol. The molecule has 2 aromatic carbocycles. The second-order valence-electron chi connectivity index (χ2n) is 6.47. The number of hydrazone groups is 1. The van der Waals surface area contributed by atoms with Crippen molar-refractivity contribution in [1.29, 1.82) is 0 Å². The summed E-state index contributed by atoms with van der Waals surface area (Å²) < 4.78 is 0. The Hall–Kier alpha value is -3.66. The molecule has 0 unspecified atom stereocenters. The molecule has 3 rings (SSSR count). The molecular formula is C20H19N5O4S. The van der Waals surface area contributed by atoms with Gasteiger partial charge in [0, 0.05) is 24.2 Å². The number of amides is 2. The van der Waals surface area contributed by atoms with E-state index in [0.29, 0.717) is 22.1 Å². The minimum Gasteiger partial charge on any atom is -0.326 e. The Morgan fingerprint density at radius 1 is 1.27 bits per heavy atom. The molecule has 1 atom stereocenters. The summed E-state index contributed by atoms with van der Waals surface area (Å²) in [5.41, 5.74) is 5.37. The number of carbonyl (C=O) groups is 2. The second kappa shape index (κ2) is 9.23. The van der Waals surface area contributed by atoms with Crippen molar-refractivity contribution in [2.75, 3.05) is 5.32 Å². The molecule has 154 valence electrons. The Labute approximate surface area is 176 Å². The maximum Gasteiger partial charge on any atom is 0.269 e. The van der Waals surface area contributed by atoms with Gasteiger partial charge in [0.05, 0.1) is 10.6 Å². The van der Waals surface area contributed by atoms with Gasteiger partial charge in [-0.05, 0) is 36.2 Å². The lowest BCUT2D eigenvalue weighted by Gasteiger charge is -2.09. The largest absolute Gasteiger partial charge is 0.326 e. The Kier molecular flexibility index (Phi) is 6.48. The summed E-state index contributed by atoms with van der Waals surface area (Å²) in [6, 6.07) is 13.2. The molecule has 1 heterocycles. The van der Waals surface area contributed by atoms with Crippen LogP contribution in [0, 0.1) is 17.0 Å². The number of non-ortho nitro benzene ring substituents is 1. The number of aryl methyl sites for hydroxylation is 1. The van der Waals surface area contributed by atoms with Gasteiger partial charge in [0.25, 0.3) is 5.69 Å². The number of anilines is 1. The van der Waals surface area contributed by atoms with Gasteiger partial charge in [-0.15, -0.1) is 5.10 Å². The van der Waals surface area contributed by atoms with Crippen molar-refractivity contribution in [3.05, 3.63) is 76.4 Å². The number of nitrogens with one attached hydrogen (secondary N) is 3. The molecule has 1 aliphatic heterocycles. The van der Waals surface area contributed by atoms with Crippen LogP contribution in [0.2, 0.25) is 0 Å². The molecule has 0 aliphatic carbocycles. The van der Waals surface area contributed by atoms with E-state index < -0.39 is 10.2 Å². The molecule has 9 nitrogen and oxygen atoms in total. The third-order valence-electron chi connectivity index (χ3n) is 4.29. The van der Waals surface area contributed by atoms with Crippen LogP contribution in [0.5, 0.6) is 0 Å². The van der Waals surface area contributed by atoms with Gasteiger partial charge in [-0.3, -0.25) is 25.1 Å². The van der Waals surface area contributed by atoms with Gasteiger partial charge in [-0.2, -0.15) is 0 Å². The van der Waals surface area contributed by atoms with Gasteiger partial charge in [0.1, 0.15) is 5.25 Å². The summed E-state index contributed by atoms with van der Waals surface area (Å²) in [7, 11) is 0. The molecule has 0 bridgehead atoms. The number of hydrogen-bond acceptors (Lipinski definition) is 7. The first-order valence-electron chi connectivity index (χ1n) is 8.94. The van der Waals surface area contributed by atoms with E-state index >= 15 is 0 Å². The fraction of sp³-hybridized carbons (Fsp3) is 0.150. The van der Waals surface area contributed by atoms with Crippen molar-refractivity contribution in [3.63, 3.8) is 0 Å². The van der Waals surface area contributed by atoms with E-state index in [1.807, 2.05) is 25.1 Å². The maximum atomic E-state index is 12.3. The fourth-order valence-corrected chi connectivity index (χ4v) is 3.57. The highest BCUT2D eigenvalue weighted by atomic mass is 32.2. The Morgan fingerprint density at radius 2 is 1.97 bits per heavy atom. The van der Waals surface area contributed by atoms with E-state index in [9.17, 15) is 19.7 Å². The van der Waals surface area contributed by atoms with Crippen molar-refractivity contribution < 1.29 is 14.5 Å². The maximum absolute atomic E-state index is 12.3. The highest BCUT2D eigenvalue weighted by Gasteiger charge is 2.32. The Balaban J connectivity index is 1.55. The average molecular weight is 425 g/mol. The third kappa shape index (κ3) is 5.23. The Bertz CT molecular complexity index is 1040. The van der Waals surface area contributed by atoms with E-state index in [2.05, 4.69) is 27.7 Å². The van der Waals surface area contributed by atoms with E-state index in [0.717, 1.165) is 17.3 Å². The molecule has 0 aromatic heterocycles. The molecule has 2 amide bonds. The van der Waals surface area contributed by atoms with Crippen molar-refractivity contribution in [2.45, 2.75) is 18.6 Å². The quantitative estimate of drug-likeness (QED) is 0.462. The molecule has 0 saturated carbocycles. The first-order chi connectivity index (χ1) is 14.3. The highest BCUT2D eigenvalue weighted by Crippen LogP contribution is 2.24. The van der Waals surface area contributed by atoms with Crippen molar-refractivity contribution in [3.8, 4) is 0 Å². The molecule has 1 saturated heterocycles. The molecule has 0 spiro atoms. The highest BCUT2D eigenvalue weighted by molar-refractivity contribution is 8.15. The van der Waals surface area contributed by atoms with Crippen LogP contribution in [0.25, 0.3) is 5.70 Å². The molecule has 30 heavy (non-hydrogen) atoms. The zero-order valence-corrected chi connectivity index (χ0v) is 16.9. The minimum absolute atomic E-state index is 0.00710. The fourth-order valence-electron chi connectivity index (χ4n) is 2.64. The zero-order chi connectivity index (χ0) is 21.7. The average Bonchev–Trinajstić information content (AvgIpc) is 3.07. The molecule has 3 N–H and O–H groups in total. The molecule has 0 radical (unpaired) electrons. The number of amidine groups is 1. The first kappa shape index (κ1) is 21.1. The number of carbonyl (C=O) groups excluding carboxylic acids is 2. The lowest BCUT2D eigenvalue weighted by Crippen LogP contribution is -2.28. The molecule has 1 fully saturated rings. The minimum atomic E-state index is -0.595. The number of hydrogen-bond donors (Lipinski definition) is 3. The van der Waals surface area contributed by atoms with Crippen LogP contribution in [0.15, 0.2) is 60.2 Å². The summed E-state index contributed by atoms with van der Waals surface area (Å²) >= 11 is 1.14. The van der Waals surface area contributed by atoms with Crippen LogP contribution in [0.4, 0.5) is 11.4 Å². The standard InChI is InChI=1S/C20H19N5O4S/c1-12-5-3-4-6-16(12)21-18(26)11-17-19(27)22-20(30-17)24-23-13(2)14-7-9-15(10-8-14)25(28)29/h3-10,17,23H,2,11H2,1H3,(H,21,26)(H,22,24,27)/t17-/m1/s1. The number of nitro groups is 1. The number of para-hydroxylation sites is 1. The lowest BCUT2D eigenvalue weighted by molar-refractivity contribution is -0.384. The van der Waals surface area contributed by atoms with Crippen LogP contribution in [-0.2, 0) is 9.59 Å². The first-order valence-corrected chi connectivity index (χ1v) is 9.82. The van der Waals surface area contributed by atoms with Crippen LogP contribution in [-0.4, -0.2) is 27.2 Å². The van der Waals surface area contributed by atoms with Gasteiger partial charge in [0.2, 0.25) is 11.8 Å². The molecule has 2 aromatic rings. The van der Waals surface area contributed by atoms with E-state index in [1.54, 1.807) is 18.2 Å². The van der Waals surface area contributed by atoms with Crippen molar-refractivity contribution in [1.82, 2.24) is 10.7 Å². The van der Waals surface area contributed by atoms with E-state index in [-0.39, 0.29) is 23.9 Å². The van der Waals surface area contributed by atoms with Crippen LogP contribution in [0.1, 0.15) is 17.5 Å². The summed E-state index contributed by atoms with van der Waals surface area (Å²) in [6.45, 7) is 5.72. The van der Waals surface area contributed by atoms with Gasteiger partial charge in [0.15, 0.2) is 5.17 Å². The topological polar surface area (TPSA) is 126 Å². The van der Waals surface area contributed by atoms with Gasteiger partial charge >= 0.3 is 0 Å². The zero-order valence-electron chi connectivity index (χ0n) is 16.0. The normalized spacial score (nSPS) is 16.8. The number of nitrogens with zero attached hydrogens (tertiary/aromatic N) is 2. The third-order valence-corrected chi connectivity index (χ3v) is 5.37. The SMILES string of the molecule is C=C(N/N=C1\NC(=O)[C@@H](CC(=O)Nc2ccccc2C)S1)c1ccc([N+](=O)[O-])cc1. The molecule has 10 heteroatoms. The van der Waals surface area contributed by atoms with Crippen molar-refractivity contribution in [2.24, 2.45) is 5.10 Å². The van der Waals surface area contributed by atoms with Gasteiger partial charge < -0.3 is 10.6 Å². The van der Waals surface area contributed by atoms with Crippen LogP contribution < -0.4 is 16.1 Å². The summed E-state index contributed by atoms with van der Waals surface area (Å²) in [5.74, 6) is -0.567. The van der Waals surface area contributed by atoms with Gasteiger partial charge in [-0.25, -0.2) is 0 Å².